The van der Waals surface area contributed by atoms with E-state index < -0.39 is 27.9 Å². The van der Waals surface area contributed by atoms with E-state index in [9.17, 15) is 18.0 Å². The van der Waals surface area contributed by atoms with Crippen LogP contribution in [0.15, 0.2) is 96.2 Å². The van der Waals surface area contributed by atoms with Gasteiger partial charge in [-0.2, -0.15) is 4.31 Å². The average Bonchev–Trinajstić information content (AvgIpc) is 3.16. The van der Waals surface area contributed by atoms with E-state index in [-0.39, 0.29) is 17.9 Å². The molecule has 0 spiro atoms. The first-order valence-corrected chi connectivity index (χ1v) is 12.6. The number of pyridine rings is 1. The predicted molar refractivity (Wildman–Crippen MR) is 133 cm³/mol. The monoisotopic (exact) mass is 485 g/mol. The number of anilines is 1. The number of aromatic nitrogens is 1. The Bertz CT molecular complexity index is 1520. The van der Waals surface area contributed by atoms with Crippen LogP contribution in [0, 0.1) is 6.92 Å². The van der Waals surface area contributed by atoms with Crippen LogP contribution in [0.5, 0.6) is 0 Å². The number of carbonyl (C=O) groups excluding carboxylic acids is 2. The molecular weight excluding hydrogens is 462 g/mol. The molecule has 1 saturated heterocycles. The zero-order chi connectivity index (χ0) is 24.6. The Hall–Kier alpha value is -3.88. The van der Waals surface area contributed by atoms with Crippen molar-refractivity contribution in [1.29, 1.82) is 0 Å². The van der Waals surface area contributed by atoms with Gasteiger partial charge in [-0.05, 0) is 53.6 Å². The zero-order valence-corrected chi connectivity index (χ0v) is 19.9. The second kappa shape index (κ2) is 9.05. The molecule has 1 aliphatic rings. The van der Waals surface area contributed by atoms with E-state index in [1.165, 1.54) is 6.07 Å². The fourth-order valence-electron chi connectivity index (χ4n) is 4.30. The molecule has 2 heterocycles. The van der Waals surface area contributed by atoms with E-state index in [0.29, 0.717) is 11.3 Å². The lowest BCUT2D eigenvalue weighted by atomic mass is 10.1. The molecule has 1 atom stereocenters. The second-order valence-electron chi connectivity index (χ2n) is 8.54. The van der Waals surface area contributed by atoms with E-state index in [1.807, 2.05) is 43.3 Å². The molecule has 176 valence electrons. The highest BCUT2D eigenvalue weighted by molar-refractivity contribution is 7.89. The molecule has 4 aromatic rings. The largest absolute Gasteiger partial charge is 0.274 e. The van der Waals surface area contributed by atoms with Crippen LogP contribution in [0.25, 0.3) is 10.8 Å². The summed E-state index contributed by atoms with van der Waals surface area (Å²) in [7, 11) is -4.14. The number of sulfonamides is 1. The fraction of sp³-hybridized carbons (Fsp3) is 0.148. The standard InChI is InChI=1S/C27H23N3O4S/c1-19-8-11-23(12-9-19)30-26(31)16-25(27(30)32)29(18-20-5-4-14-28-17-20)35(33,34)24-13-10-21-6-2-3-7-22(21)15-24/h2-15,17,25H,16,18H2,1H3. The van der Waals surface area contributed by atoms with Crippen molar-refractivity contribution in [3.8, 4) is 0 Å². The lowest BCUT2D eigenvalue weighted by Crippen LogP contribution is -2.45. The normalized spacial score (nSPS) is 16.4. The molecule has 0 saturated carbocycles. The SMILES string of the molecule is Cc1ccc(N2C(=O)CC(N(Cc3cccnc3)S(=O)(=O)c3ccc4ccccc4c3)C2=O)cc1. The molecule has 7 nitrogen and oxygen atoms in total. The van der Waals surface area contributed by atoms with Gasteiger partial charge in [0.2, 0.25) is 15.9 Å². The van der Waals surface area contributed by atoms with Crippen molar-refractivity contribution in [2.24, 2.45) is 0 Å². The van der Waals surface area contributed by atoms with Crippen LogP contribution < -0.4 is 4.90 Å². The van der Waals surface area contributed by atoms with Crippen LogP contribution in [0.2, 0.25) is 0 Å². The number of rotatable bonds is 6. The lowest BCUT2D eigenvalue weighted by Gasteiger charge is -2.27. The van der Waals surface area contributed by atoms with E-state index in [4.69, 9.17) is 0 Å². The van der Waals surface area contributed by atoms with Crippen molar-refractivity contribution in [1.82, 2.24) is 9.29 Å². The van der Waals surface area contributed by atoms with Crippen LogP contribution in [-0.4, -0.2) is 35.6 Å². The Morgan fingerprint density at radius 3 is 2.40 bits per heavy atom. The molecular formula is C27H23N3O4S. The summed E-state index contributed by atoms with van der Waals surface area (Å²) in [6.07, 6.45) is 2.91. The first-order valence-electron chi connectivity index (χ1n) is 11.2. The third-order valence-corrected chi connectivity index (χ3v) is 8.00. The Morgan fingerprint density at radius 1 is 0.943 bits per heavy atom. The molecule has 1 fully saturated rings. The van der Waals surface area contributed by atoms with Gasteiger partial charge in [0.25, 0.3) is 5.91 Å². The molecule has 1 aromatic heterocycles. The van der Waals surface area contributed by atoms with Crippen molar-refractivity contribution < 1.29 is 18.0 Å². The minimum Gasteiger partial charge on any atom is -0.274 e. The van der Waals surface area contributed by atoms with Crippen molar-refractivity contribution >= 4 is 38.3 Å². The maximum absolute atomic E-state index is 13.9. The van der Waals surface area contributed by atoms with Crippen LogP contribution in [0.3, 0.4) is 0 Å². The molecule has 1 unspecified atom stereocenters. The summed E-state index contributed by atoms with van der Waals surface area (Å²) in [6, 6.07) is 21.6. The van der Waals surface area contributed by atoms with Gasteiger partial charge in [-0.1, -0.05) is 54.1 Å². The quantitative estimate of drug-likeness (QED) is 0.384. The number of hydrogen-bond acceptors (Lipinski definition) is 5. The Kier molecular flexibility index (Phi) is 5.92. The van der Waals surface area contributed by atoms with E-state index in [0.717, 1.165) is 25.5 Å². The van der Waals surface area contributed by atoms with Gasteiger partial charge in [-0.25, -0.2) is 13.3 Å². The minimum absolute atomic E-state index is 0.0640. The zero-order valence-electron chi connectivity index (χ0n) is 19.0. The molecule has 0 bridgehead atoms. The Labute approximate surface area is 203 Å². The second-order valence-corrected chi connectivity index (χ2v) is 10.4. The summed E-state index contributed by atoms with van der Waals surface area (Å²) in [5, 5.41) is 1.67. The Balaban J connectivity index is 1.57. The average molecular weight is 486 g/mol. The van der Waals surface area contributed by atoms with Gasteiger partial charge in [0, 0.05) is 18.9 Å². The number of benzene rings is 3. The molecule has 0 N–H and O–H groups in total. The van der Waals surface area contributed by atoms with Crippen molar-refractivity contribution in [2.45, 2.75) is 30.8 Å². The number of hydrogen-bond donors (Lipinski definition) is 0. The summed E-state index contributed by atoms with van der Waals surface area (Å²) in [5.41, 5.74) is 2.03. The summed E-state index contributed by atoms with van der Waals surface area (Å²) in [6.45, 7) is 1.82. The van der Waals surface area contributed by atoms with Crippen molar-refractivity contribution in [3.05, 3.63) is 102 Å². The summed E-state index contributed by atoms with van der Waals surface area (Å²) in [5.74, 6) is -0.999. The topological polar surface area (TPSA) is 87.7 Å². The molecule has 0 aliphatic carbocycles. The first-order chi connectivity index (χ1) is 16.8. The fourth-order valence-corrected chi connectivity index (χ4v) is 5.91. The molecule has 0 radical (unpaired) electrons. The van der Waals surface area contributed by atoms with E-state index in [2.05, 4.69) is 4.98 Å². The van der Waals surface area contributed by atoms with Gasteiger partial charge in [0.05, 0.1) is 17.0 Å². The lowest BCUT2D eigenvalue weighted by molar-refractivity contribution is -0.122. The highest BCUT2D eigenvalue weighted by Gasteiger charge is 2.47. The predicted octanol–water partition coefficient (Wildman–Crippen LogP) is 4.07. The van der Waals surface area contributed by atoms with Gasteiger partial charge in [-0.15, -0.1) is 0 Å². The first kappa shape index (κ1) is 22.9. The van der Waals surface area contributed by atoms with Gasteiger partial charge >= 0.3 is 0 Å². The summed E-state index contributed by atoms with van der Waals surface area (Å²) < 4.78 is 29.0. The maximum Gasteiger partial charge on any atom is 0.252 e. The molecule has 35 heavy (non-hydrogen) atoms. The molecule has 5 rings (SSSR count). The van der Waals surface area contributed by atoms with Crippen molar-refractivity contribution in [3.63, 3.8) is 0 Å². The molecule has 1 aliphatic heterocycles. The third kappa shape index (κ3) is 4.34. The molecule has 3 aromatic carbocycles. The van der Waals surface area contributed by atoms with Crippen molar-refractivity contribution in [2.75, 3.05) is 4.90 Å². The van der Waals surface area contributed by atoms with Crippen LogP contribution in [0.4, 0.5) is 5.69 Å². The van der Waals surface area contributed by atoms with Crippen LogP contribution >= 0.6 is 0 Å². The van der Waals surface area contributed by atoms with E-state index in [1.54, 1.807) is 48.8 Å². The van der Waals surface area contributed by atoms with E-state index >= 15 is 0 Å². The Morgan fingerprint density at radius 2 is 1.69 bits per heavy atom. The number of nitrogens with zero attached hydrogens (tertiary/aromatic N) is 3. The summed E-state index contributed by atoms with van der Waals surface area (Å²) in [4.78, 5) is 31.7. The third-order valence-electron chi connectivity index (χ3n) is 6.15. The molecule has 2 amide bonds. The number of imide groups is 1. The number of aryl methyl sites for hydroxylation is 1. The van der Waals surface area contributed by atoms with Crippen LogP contribution in [0.1, 0.15) is 17.5 Å². The van der Waals surface area contributed by atoms with Gasteiger partial charge < -0.3 is 0 Å². The molecule has 8 heteroatoms. The van der Waals surface area contributed by atoms with Gasteiger partial charge in [-0.3, -0.25) is 14.6 Å². The highest BCUT2D eigenvalue weighted by atomic mass is 32.2. The van der Waals surface area contributed by atoms with Gasteiger partial charge in [0.1, 0.15) is 6.04 Å². The number of amides is 2. The highest BCUT2D eigenvalue weighted by Crippen LogP contribution is 2.31. The minimum atomic E-state index is -4.14. The van der Waals surface area contributed by atoms with Crippen LogP contribution in [-0.2, 0) is 26.2 Å². The number of carbonyl (C=O) groups is 2. The van der Waals surface area contributed by atoms with Gasteiger partial charge in [0.15, 0.2) is 0 Å². The smallest absolute Gasteiger partial charge is 0.252 e. The maximum atomic E-state index is 13.9. The number of fused-ring (bicyclic) bond motifs is 1. The summed E-state index contributed by atoms with van der Waals surface area (Å²) >= 11 is 0.